The number of aryl methyl sites for hydroxylation is 1. The molecule has 0 bridgehead atoms. The molecule has 0 radical (unpaired) electrons. The average molecular weight is 484 g/mol. The number of carbonyl (C=O) groups excluding carboxylic acids is 1. The molecule has 168 valence electrons. The van der Waals surface area contributed by atoms with Gasteiger partial charge in [-0.25, -0.2) is 12.7 Å². The lowest BCUT2D eigenvalue weighted by atomic mass is 9.75. The van der Waals surface area contributed by atoms with Crippen molar-refractivity contribution in [2.75, 3.05) is 25.4 Å². The van der Waals surface area contributed by atoms with Gasteiger partial charge in [-0.1, -0.05) is 36.2 Å². The lowest BCUT2D eigenvalue weighted by Crippen LogP contribution is -2.51. The fourth-order valence-corrected chi connectivity index (χ4v) is 5.97. The van der Waals surface area contributed by atoms with Gasteiger partial charge in [0.1, 0.15) is 0 Å². The lowest BCUT2D eigenvalue weighted by Gasteiger charge is -2.41. The van der Waals surface area contributed by atoms with Crippen molar-refractivity contribution in [1.29, 1.82) is 0 Å². The van der Waals surface area contributed by atoms with E-state index < -0.39 is 15.4 Å². The Morgan fingerprint density at radius 1 is 1.19 bits per heavy atom. The van der Waals surface area contributed by atoms with Crippen molar-refractivity contribution in [2.45, 2.75) is 38.5 Å². The third-order valence-corrected chi connectivity index (χ3v) is 8.35. The topological polar surface area (TPSA) is 79.4 Å². The number of sulfonamides is 1. The van der Waals surface area contributed by atoms with Gasteiger partial charge in [0, 0.05) is 41.5 Å². The van der Waals surface area contributed by atoms with Crippen LogP contribution < -0.4 is 5.32 Å². The second kappa shape index (κ2) is 9.86. The number of nitrogens with one attached hydrogen (secondary N) is 1. The van der Waals surface area contributed by atoms with Crippen LogP contribution in [0.25, 0.3) is 0 Å². The molecule has 1 fully saturated rings. The normalized spacial score (nSPS) is 16.8. The molecule has 2 aromatic rings. The molecular weight excluding hydrogens is 457 g/mol. The van der Waals surface area contributed by atoms with Crippen molar-refractivity contribution in [3.05, 3.63) is 63.4 Å². The van der Waals surface area contributed by atoms with Crippen molar-refractivity contribution in [3.8, 4) is 0 Å². The Morgan fingerprint density at radius 2 is 1.90 bits per heavy atom. The van der Waals surface area contributed by atoms with Crippen molar-refractivity contribution in [1.82, 2.24) is 14.6 Å². The quantitative estimate of drug-likeness (QED) is 0.639. The van der Waals surface area contributed by atoms with Gasteiger partial charge in [-0.3, -0.25) is 9.78 Å². The maximum atomic E-state index is 12.8. The highest BCUT2D eigenvalue weighted by Crippen LogP contribution is 2.35. The Bertz CT molecular complexity index is 1050. The molecule has 1 N–H and O–H groups in total. The minimum Gasteiger partial charge on any atom is -0.351 e. The van der Waals surface area contributed by atoms with Crippen molar-refractivity contribution >= 4 is 39.1 Å². The van der Waals surface area contributed by atoms with Gasteiger partial charge in [-0.15, -0.1) is 0 Å². The molecule has 1 aromatic heterocycles. The molecule has 6 nitrogen and oxygen atoms in total. The highest BCUT2D eigenvalue weighted by molar-refractivity contribution is 7.89. The van der Waals surface area contributed by atoms with Crippen molar-refractivity contribution in [2.24, 2.45) is 0 Å². The van der Waals surface area contributed by atoms with E-state index in [4.69, 9.17) is 28.2 Å². The molecule has 31 heavy (non-hydrogen) atoms. The molecule has 1 aliphatic rings. The molecule has 1 aromatic carbocycles. The first kappa shape index (κ1) is 24.0. The van der Waals surface area contributed by atoms with Crippen LogP contribution in [0.5, 0.6) is 0 Å². The van der Waals surface area contributed by atoms with E-state index in [1.54, 1.807) is 16.4 Å². The van der Waals surface area contributed by atoms with Crippen LogP contribution in [0.1, 0.15) is 47.9 Å². The Balaban J connectivity index is 1.82. The first-order valence-corrected chi connectivity index (χ1v) is 12.7. The predicted molar refractivity (Wildman–Crippen MR) is 124 cm³/mol. The summed E-state index contributed by atoms with van der Waals surface area (Å²) in [5, 5.41) is 3.74. The monoisotopic (exact) mass is 483 g/mol. The van der Waals surface area contributed by atoms with Crippen molar-refractivity contribution < 1.29 is 13.2 Å². The minimum atomic E-state index is -3.26. The summed E-state index contributed by atoms with van der Waals surface area (Å²) in [7, 11) is -3.26. The number of pyridine rings is 1. The number of hydrogen-bond acceptors (Lipinski definition) is 4. The summed E-state index contributed by atoms with van der Waals surface area (Å²) in [4.78, 5) is 17.5. The lowest BCUT2D eigenvalue weighted by molar-refractivity contribution is 0.0932. The van der Waals surface area contributed by atoms with Gasteiger partial charge >= 0.3 is 0 Å². The van der Waals surface area contributed by atoms with E-state index in [9.17, 15) is 13.2 Å². The standard InChI is InChI=1S/C22H27Cl2N3O3S/c1-3-13-31(29,30)27-11-9-22(10-12-27,20-6-4-5-16(2)26-20)15-25-21(28)18-8-7-17(23)14-19(18)24/h4-8,14H,3,9-13,15H2,1-2H3,(H,25,28). The third kappa shape index (κ3) is 5.58. The number of carbonyl (C=O) groups is 1. The fraction of sp³-hybridized carbons (Fsp3) is 0.455. The van der Waals surface area contributed by atoms with Gasteiger partial charge in [-0.2, -0.15) is 0 Å². The van der Waals surface area contributed by atoms with E-state index >= 15 is 0 Å². The smallest absolute Gasteiger partial charge is 0.252 e. The maximum Gasteiger partial charge on any atom is 0.252 e. The number of halogens is 2. The third-order valence-electron chi connectivity index (χ3n) is 5.73. The molecular formula is C22H27Cl2N3O3S. The number of benzene rings is 1. The number of amides is 1. The maximum absolute atomic E-state index is 12.8. The summed E-state index contributed by atoms with van der Waals surface area (Å²) in [6, 6.07) is 10.6. The molecule has 9 heteroatoms. The predicted octanol–water partition coefficient (Wildman–Crippen LogP) is 4.20. The number of hydrogen-bond donors (Lipinski definition) is 1. The van der Waals surface area contributed by atoms with Gasteiger partial charge in [0.15, 0.2) is 0 Å². The number of piperidine rings is 1. The van der Waals surface area contributed by atoms with Crippen LogP contribution in [0.4, 0.5) is 0 Å². The van der Waals surface area contributed by atoms with Crippen LogP contribution in [0.3, 0.4) is 0 Å². The van der Waals surface area contributed by atoms with Gasteiger partial charge in [-0.05, 0) is 56.5 Å². The summed E-state index contributed by atoms with van der Waals surface area (Å²) in [6.45, 7) is 4.91. The number of aromatic nitrogens is 1. The molecule has 1 aliphatic heterocycles. The SMILES string of the molecule is CCCS(=O)(=O)N1CCC(CNC(=O)c2ccc(Cl)cc2Cl)(c2cccc(C)n2)CC1. The van der Waals surface area contributed by atoms with E-state index in [2.05, 4.69) is 5.32 Å². The van der Waals surface area contributed by atoms with Gasteiger partial charge in [0.05, 0.1) is 16.3 Å². The molecule has 0 atom stereocenters. The fourth-order valence-electron chi connectivity index (χ4n) is 3.96. The Morgan fingerprint density at radius 3 is 2.52 bits per heavy atom. The Kier molecular flexibility index (Phi) is 7.63. The molecule has 2 heterocycles. The number of nitrogens with zero attached hydrogens (tertiary/aromatic N) is 2. The van der Waals surface area contributed by atoms with E-state index in [1.165, 1.54) is 6.07 Å². The van der Waals surface area contributed by atoms with E-state index in [0.29, 0.717) is 49.5 Å². The molecule has 0 aliphatic carbocycles. The van der Waals surface area contributed by atoms with Gasteiger partial charge < -0.3 is 5.32 Å². The molecule has 1 saturated heterocycles. The zero-order valence-corrected chi connectivity index (χ0v) is 20.0. The molecule has 0 saturated carbocycles. The zero-order valence-electron chi connectivity index (χ0n) is 17.7. The molecule has 3 rings (SSSR count). The van der Waals surface area contributed by atoms with E-state index in [1.807, 2.05) is 32.0 Å². The molecule has 1 amide bonds. The van der Waals surface area contributed by atoms with Crippen LogP contribution in [-0.2, 0) is 15.4 Å². The van der Waals surface area contributed by atoms with Crippen molar-refractivity contribution in [3.63, 3.8) is 0 Å². The summed E-state index contributed by atoms with van der Waals surface area (Å²) < 4.78 is 26.6. The first-order chi connectivity index (χ1) is 14.7. The van der Waals surface area contributed by atoms with E-state index in [0.717, 1.165) is 11.4 Å². The first-order valence-electron chi connectivity index (χ1n) is 10.3. The van der Waals surface area contributed by atoms with E-state index in [-0.39, 0.29) is 16.7 Å². The molecule has 0 unspecified atom stereocenters. The second-order valence-corrected chi connectivity index (χ2v) is 10.9. The van der Waals surface area contributed by atoms with Gasteiger partial charge in [0.2, 0.25) is 10.0 Å². The summed E-state index contributed by atoms with van der Waals surface area (Å²) in [6.07, 6.45) is 1.73. The average Bonchev–Trinajstić information content (AvgIpc) is 2.72. The summed E-state index contributed by atoms with van der Waals surface area (Å²) in [5.41, 5.74) is 1.63. The largest absolute Gasteiger partial charge is 0.351 e. The van der Waals surface area contributed by atoms with Crippen LogP contribution in [-0.4, -0.2) is 49.0 Å². The highest BCUT2D eigenvalue weighted by atomic mass is 35.5. The summed E-state index contributed by atoms with van der Waals surface area (Å²) in [5.74, 6) is -0.149. The zero-order chi connectivity index (χ0) is 22.6. The van der Waals surface area contributed by atoms with Crippen LogP contribution in [0.15, 0.2) is 36.4 Å². The number of rotatable bonds is 7. The van der Waals surface area contributed by atoms with Crippen LogP contribution >= 0.6 is 23.2 Å². The minimum absolute atomic E-state index is 0.147. The second-order valence-electron chi connectivity index (χ2n) is 7.97. The Labute approximate surface area is 194 Å². The summed E-state index contributed by atoms with van der Waals surface area (Å²) >= 11 is 12.1. The highest BCUT2D eigenvalue weighted by Gasteiger charge is 2.40. The van der Waals surface area contributed by atoms with Crippen LogP contribution in [0.2, 0.25) is 10.0 Å². The van der Waals surface area contributed by atoms with Crippen LogP contribution in [0, 0.1) is 6.92 Å². The van der Waals surface area contributed by atoms with Gasteiger partial charge in [0.25, 0.3) is 5.91 Å². The Hall–Kier alpha value is -1.67. The molecule has 0 spiro atoms.